The molecule has 1 aromatic rings. The van der Waals surface area contributed by atoms with Crippen molar-refractivity contribution in [2.75, 3.05) is 0 Å². The minimum Gasteiger partial charge on any atom is -0.323 e. The van der Waals surface area contributed by atoms with Crippen molar-refractivity contribution in [1.82, 2.24) is 9.78 Å². The van der Waals surface area contributed by atoms with Crippen molar-refractivity contribution < 1.29 is 0 Å². The van der Waals surface area contributed by atoms with Crippen LogP contribution >= 0.6 is 11.6 Å². The van der Waals surface area contributed by atoms with Gasteiger partial charge in [-0.15, -0.1) is 0 Å². The first kappa shape index (κ1) is 13.9. The monoisotopic (exact) mass is 269 g/mol. The van der Waals surface area contributed by atoms with Crippen LogP contribution in [-0.4, -0.2) is 9.78 Å². The molecule has 0 aliphatic heterocycles. The highest BCUT2D eigenvalue weighted by Gasteiger charge is 2.21. The molecule has 0 radical (unpaired) electrons. The second-order valence-corrected chi connectivity index (χ2v) is 5.80. The van der Waals surface area contributed by atoms with Crippen molar-refractivity contribution in [1.29, 1.82) is 0 Å². The van der Waals surface area contributed by atoms with Gasteiger partial charge in [0, 0.05) is 12.6 Å². The Morgan fingerprint density at radius 3 is 2.67 bits per heavy atom. The number of hydrogen-bond acceptors (Lipinski definition) is 2. The Bertz CT molecular complexity index is 367. The van der Waals surface area contributed by atoms with Crippen LogP contribution in [0.1, 0.15) is 63.6 Å². The lowest BCUT2D eigenvalue weighted by molar-refractivity contribution is 0.381. The van der Waals surface area contributed by atoms with E-state index in [1.807, 2.05) is 4.68 Å². The van der Waals surface area contributed by atoms with Crippen molar-refractivity contribution in [3.63, 3.8) is 0 Å². The van der Waals surface area contributed by atoms with Crippen molar-refractivity contribution in [2.45, 2.75) is 64.5 Å². The number of halogens is 1. The smallest absolute Gasteiger partial charge is 0.0834 e. The number of nitrogens with zero attached hydrogens (tertiary/aromatic N) is 2. The Balaban J connectivity index is 2.01. The highest BCUT2D eigenvalue weighted by molar-refractivity contribution is 6.31. The number of nitrogens with two attached hydrogens (primary N) is 1. The van der Waals surface area contributed by atoms with Gasteiger partial charge in [-0.25, -0.2) is 0 Å². The van der Waals surface area contributed by atoms with E-state index in [1.165, 1.54) is 38.5 Å². The summed E-state index contributed by atoms with van der Waals surface area (Å²) in [6.45, 7) is 2.91. The second-order valence-electron chi connectivity index (χ2n) is 5.39. The topological polar surface area (TPSA) is 43.8 Å². The molecule has 2 rings (SSSR count). The zero-order chi connectivity index (χ0) is 13.0. The van der Waals surface area contributed by atoms with Crippen molar-refractivity contribution in [2.24, 2.45) is 11.7 Å². The van der Waals surface area contributed by atoms with Crippen LogP contribution in [0.3, 0.4) is 0 Å². The standard InChI is InChI=1S/C14H24ClN3/c1-2-18-14(12(15)10-17-18)13(16)9-11-7-5-3-4-6-8-11/h10-11,13H,2-9,16H2,1H3. The number of aryl methyl sites for hydroxylation is 1. The van der Waals surface area contributed by atoms with Gasteiger partial charge in [-0.3, -0.25) is 4.68 Å². The summed E-state index contributed by atoms with van der Waals surface area (Å²) in [6, 6.07) is 0.0306. The van der Waals surface area contributed by atoms with Crippen LogP contribution in [0.25, 0.3) is 0 Å². The molecule has 1 fully saturated rings. The molecule has 1 unspecified atom stereocenters. The normalized spacial score (nSPS) is 19.7. The van der Waals surface area contributed by atoms with Crippen LogP contribution in [0.15, 0.2) is 6.20 Å². The summed E-state index contributed by atoms with van der Waals surface area (Å²) in [5, 5.41) is 4.99. The lowest BCUT2D eigenvalue weighted by atomic mass is 9.91. The van der Waals surface area contributed by atoms with Gasteiger partial charge in [-0.2, -0.15) is 5.10 Å². The highest BCUT2D eigenvalue weighted by atomic mass is 35.5. The zero-order valence-corrected chi connectivity index (χ0v) is 12.0. The highest BCUT2D eigenvalue weighted by Crippen LogP contribution is 2.32. The number of aromatic nitrogens is 2. The largest absolute Gasteiger partial charge is 0.323 e. The van der Waals surface area contributed by atoms with Crippen molar-refractivity contribution in [3.05, 3.63) is 16.9 Å². The predicted molar refractivity (Wildman–Crippen MR) is 75.6 cm³/mol. The van der Waals surface area contributed by atoms with Gasteiger partial charge in [0.15, 0.2) is 0 Å². The molecule has 0 amide bonds. The van der Waals surface area contributed by atoms with Crippen LogP contribution in [0, 0.1) is 5.92 Å². The lowest BCUT2D eigenvalue weighted by Gasteiger charge is -2.20. The van der Waals surface area contributed by atoms with Gasteiger partial charge in [-0.1, -0.05) is 50.1 Å². The van der Waals surface area contributed by atoms with Gasteiger partial charge < -0.3 is 5.73 Å². The van der Waals surface area contributed by atoms with Crippen LogP contribution in [0.2, 0.25) is 5.02 Å². The molecule has 1 aliphatic rings. The van der Waals surface area contributed by atoms with E-state index in [-0.39, 0.29) is 6.04 Å². The van der Waals surface area contributed by atoms with Gasteiger partial charge in [0.2, 0.25) is 0 Å². The minimum absolute atomic E-state index is 0.0306. The Morgan fingerprint density at radius 2 is 2.06 bits per heavy atom. The van der Waals surface area contributed by atoms with E-state index in [0.29, 0.717) is 0 Å². The summed E-state index contributed by atoms with van der Waals surface area (Å²) in [6.07, 6.45) is 10.9. The Labute approximate surface area is 115 Å². The third kappa shape index (κ3) is 3.27. The molecule has 1 heterocycles. The van der Waals surface area contributed by atoms with E-state index < -0.39 is 0 Å². The lowest BCUT2D eigenvalue weighted by Crippen LogP contribution is -2.19. The van der Waals surface area contributed by atoms with Crippen LogP contribution in [0.4, 0.5) is 0 Å². The summed E-state index contributed by atoms with van der Waals surface area (Å²) in [5.41, 5.74) is 7.37. The third-order valence-corrected chi connectivity index (χ3v) is 4.34. The van der Waals surface area contributed by atoms with Crippen LogP contribution in [0.5, 0.6) is 0 Å². The molecular formula is C14H24ClN3. The fourth-order valence-electron chi connectivity index (χ4n) is 3.06. The number of hydrogen-bond donors (Lipinski definition) is 1. The van der Waals surface area contributed by atoms with Crippen LogP contribution in [-0.2, 0) is 6.54 Å². The second kappa shape index (κ2) is 6.58. The molecular weight excluding hydrogens is 246 g/mol. The molecule has 1 aromatic heterocycles. The summed E-state index contributed by atoms with van der Waals surface area (Å²) in [7, 11) is 0. The van der Waals surface area contributed by atoms with E-state index in [0.717, 1.165) is 29.6 Å². The quantitative estimate of drug-likeness (QED) is 0.842. The van der Waals surface area contributed by atoms with Gasteiger partial charge in [-0.05, 0) is 19.3 Å². The zero-order valence-electron chi connectivity index (χ0n) is 11.2. The number of rotatable bonds is 4. The van der Waals surface area contributed by atoms with Gasteiger partial charge in [0.1, 0.15) is 0 Å². The van der Waals surface area contributed by atoms with Gasteiger partial charge in [0.05, 0.1) is 16.9 Å². The molecule has 0 saturated heterocycles. The van der Waals surface area contributed by atoms with E-state index in [4.69, 9.17) is 17.3 Å². The third-order valence-electron chi connectivity index (χ3n) is 4.05. The summed E-state index contributed by atoms with van der Waals surface area (Å²) < 4.78 is 1.93. The molecule has 4 heteroatoms. The van der Waals surface area contributed by atoms with E-state index in [1.54, 1.807) is 6.20 Å². The maximum Gasteiger partial charge on any atom is 0.0834 e. The van der Waals surface area contributed by atoms with Gasteiger partial charge >= 0.3 is 0 Å². The maximum absolute atomic E-state index is 6.35. The Hall–Kier alpha value is -0.540. The Kier molecular flexibility index (Phi) is 5.07. The van der Waals surface area contributed by atoms with Crippen molar-refractivity contribution >= 4 is 11.6 Å². The minimum atomic E-state index is 0.0306. The van der Waals surface area contributed by atoms with E-state index in [2.05, 4.69) is 12.0 Å². The van der Waals surface area contributed by atoms with Crippen molar-refractivity contribution in [3.8, 4) is 0 Å². The van der Waals surface area contributed by atoms with Crippen LogP contribution < -0.4 is 5.73 Å². The first-order chi connectivity index (χ1) is 8.72. The first-order valence-electron chi connectivity index (χ1n) is 7.19. The predicted octanol–water partition coefficient (Wildman–Crippen LogP) is 3.92. The molecule has 2 N–H and O–H groups in total. The van der Waals surface area contributed by atoms with Gasteiger partial charge in [0.25, 0.3) is 0 Å². The molecule has 1 saturated carbocycles. The maximum atomic E-state index is 6.35. The van der Waals surface area contributed by atoms with E-state index >= 15 is 0 Å². The fourth-order valence-corrected chi connectivity index (χ4v) is 3.34. The average molecular weight is 270 g/mol. The molecule has 0 spiro atoms. The molecule has 1 atom stereocenters. The summed E-state index contributed by atoms with van der Waals surface area (Å²) in [5.74, 6) is 0.763. The molecule has 102 valence electrons. The molecule has 0 bridgehead atoms. The SMILES string of the molecule is CCn1ncc(Cl)c1C(N)CC1CCCCCC1. The Morgan fingerprint density at radius 1 is 1.39 bits per heavy atom. The summed E-state index contributed by atoms with van der Waals surface area (Å²) >= 11 is 6.21. The fraction of sp³-hybridized carbons (Fsp3) is 0.786. The molecule has 0 aromatic carbocycles. The first-order valence-corrected chi connectivity index (χ1v) is 7.57. The summed E-state index contributed by atoms with van der Waals surface area (Å²) in [4.78, 5) is 0. The molecule has 3 nitrogen and oxygen atoms in total. The molecule has 1 aliphatic carbocycles. The van der Waals surface area contributed by atoms with E-state index in [9.17, 15) is 0 Å². The average Bonchev–Trinajstić information content (AvgIpc) is 2.57. The molecule has 18 heavy (non-hydrogen) atoms.